The van der Waals surface area contributed by atoms with Crippen LogP contribution in [0.4, 0.5) is 0 Å². The largest absolute Gasteiger partial charge is 0.480 e. The highest BCUT2D eigenvalue weighted by Gasteiger charge is 2.31. The molecule has 8 nitrogen and oxygen atoms in total. The highest BCUT2D eigenvalue weighted by molar-refractivity contribution is 7.89. The molecule has 0 unspecified atom stereocenters. The van der Waals surface area contributed by atoms with Crippen LogP contribution in [0.25, 0.3) is 0 Å². The molecule has 0 saturated heterocycles. The number of rotatable bonds is 7. The van der Waals surface area contributed by atoms with Gasteiger partial charge in [-0.2, -0.15) is 4.31 Å². The molecule has 0 radical (unpaired) electrons. The van der Waals surface area contributed by atoms with Crippen LogP contribution in [0.1, 0.15) is 29.5 Å². The number of hydrogen-bond donors (Lipinski definition) is 1. The molecule has 1 rings (SSSR count). The zero-order valence-electron chi connectivity index (χ0n) is 12.0. The number of carbonyl (C=O) groups is 2. The third kappa shape index (κ3) is 3.82. The van der Waals surface area contributed by atoms with Crippen molar-refractivity contribution in [2.45, 2.75) is 25.4 Å². The first-order valence-electron chi connectivity index (χ1n) is 6.14. The SMILES string of the molecule is CCCN(CC(=O)O)S(=O)(=O)c1cc(C(=O)OC)c(C)o1. The monoisotopic (exact) mass is 319 g/mol. The first-order valence-corrected chi connectivity index (χ1v) is 7.58. The molecular formula is C12H17NO7S. The summed E-state index contributed by atoms with van der Waals surface area (Å²) < 4.78 is 35.1. The van der Waals surface area contributed by atoms with Crippen molar-refractivity contribution in [3.63, 3.8) is 0 Å². The molecule has 21 heavy (non-hydrogen) atoms. The van der Waals surface area contributed by atoms with E-state index >= 15 is 0 Å². The number of carbonyl (C=O) groups excluding carboxylic acids is 1. The van der Waals surface area contributed by atoms with Crippen LogP contribution in [0.5, 0.6) is 0 Å². The molecule has 0 fully saturated rings. The summed E-state index contributed by atoms with van der Waals surface area (Å²) in [4.78, 5) is 22.2. The zero-order valence-corrected chi connectivity index (χ0v) is 12.8. The van der Waals surface area contributed by atoms with Crippen molar-refractivity contribution < 1.29 is 32.3 Å². The number of carboxylic acids is 1. The van der Waals surface area contributed by atoms with Crippen LogP contribution >= 0.6 is 0 Å². The van der Waals surface area contributed by atoms with Gasteiger partial charge in [-0.15, -0.1) is 0 Å². The number of carboxylic acid groups (broad SMARTS) is 1. The zero-order chi connectivity index (χ0) is 16.2. The van der Waals surface area contributed by atoms with Crippen molar-refractivity contribution in [1.29, 1.82) is 0 Å². The Morgan fingerprint density at radius 2 is 2.05 bits per heavy atom. The molecule has 0 bridgehead atoms. The van der Waals surface area contributed by atoms with E-state index in [0.29, 0.717) is 6.42 Å². The Morgan fingerprint density at radius 3 is 2.52 bits per heavy atom. The number of furan rings is 1. The second-order valence-electron chi connectivity index (χ2n) is 4.26. The van der Waals surface area contributed by atoms with Crippen LogP contribution in [0.3, 0.4) is 0 Å². The van der Waals surface area contributed by atoms with Crippen molar-refractivity contribution in [3.05, 3.63) is 17.4 Å². The van der Waals surface area contributed by atoms with E-state index in [1.807, 2.05) is 0 Å². The molecule has 0 aliphatic rings. The van der Waals surface area contributed by atoms with Gasteiger partial charge in [-0.25, -0.2) is 13.2 Å². The van der Waals surface area contributed by atoms with Gasteiger partial charge in [0.1, 0.15) is 17.9 Å². The van der Waals surface area contributed by atoms with Gasteiger partial charge in [0.05, 0.1) is 7.11 Å². The van der Waals surface area contributed by atoms with Crippen LogP contribution < -0.4 is 0 Å². The van der Waals surface area contributed by atoms with Crippen LogP contribution in [-0.2, 0) is 19.6 Å². The second-order valence-corrected chi connectivity index (χ2v) is 6.13. The molecule has 0 saturated carbocycles. The summed E-state index contributed by atoms with van der Waals surface area (Å²) >= 11 is 0. The molecule has 0 amide bonds. The minimum Gasteiger partial charge on any atom is -0.480 e. The van der Waals surface area contributed by atoms with Gasteiger partial charge in [0.2, 0.25) is 5.09 Å². The Balaban J connectivity index is 3.22. The lowest BCUT2D eigenvalue weighted by Gasteiger charge is -2.17. The van der Waals surface area contributed by atoms with E-state index in [1.54, 1.807) is 6.92 Å². The third-order valence-corrected chi connectivity index (χ3v) is 4.38. The molecule has 0 spiro atoms. The molecule has 9 heteroatoms. The van der Waals surface area contributed by atoms with Crippen molar-refractivity contribution in [3.8, 4) is 0 Å². The summed E-state index contributed by atoms with van der Waals surface area (Å²) in [5.74, 6) is -1.91. The molecule has 0 aliphatic heterocycles. The summed E-state index contributed by atoms with van der Waals surface area (Å²) in [6, 6.07) is 1.04. The number of nitrogens with zero attached hydrogens (tertiary/aromatic N) is 1. The molecule has 0 aliphatic carbocycles. The Bertz CT molecular complexity index is 632. The predicted molar refractivity (Wildman–Crippen MR) is 71.5 cm³/mol. The molecule has 0 aromatic carbocycles. The maximum Gasteiger partial charge on any atom is 0.341 e. The average Bonchev–Trinajstić information content (AvgIpc) is 2.79. The minimum atomic E-state index is -4.12. The van der Waals surface area contributed by atoms with E-state index < -0.39 is 33.6 Å². The van der Waals surface area contributed by atoms with Gasteiger partial charge in [-0.1, -0.05) is 6.92 Å². The fourth-order valence-corrected chi connectivity index (χ4v) is 3.16. The van der Waals surface area contributed by atoms with Gasteiger partial charge < -0.3 is 14.3 Å². The van der Waals surface area contributed by atoms with Crippen molar-refractivity contribution in [2.24, 2.45) is 0 Å². The Kier molecular flexibility index (Phi) is 5.50. The topological polar surface area (TPSA) is 114 Å². The summed E-state index contributed by atoms with van der Waals surface area (Å²) in [6.07, 6.45) is 0.441. The standard InChI is InChI=1S/C12H17NO7S/c1-4-5-13(7-10(14)15)21(17,18)11-6-9(8(2)20-11)12(16)19-3/h6H,4-5,7H2,1-3H3,(H,14,15). The lowest BCUT2D eigenvalue weighted by Crippen LogP contribution is -2.36. The summed E-state index contributed by atoms with van der Waals surface area (Å²) in [7, 11) is -2.96. The molecule has 118 valence electrons. The first kappa shape index (κ1) is 17.2. The number of hydrogen-bond acceptors (Lipinski definition) is 6. The van der Waals surface area contributed by atoms with E-state index in [-0.39, 0.29) is 17.9 Å². The first-order chi connectivity index (χ1) is 9.73. The Hall–Kier alpha value is -1.87. The maximum absolute atomic E-state index is 12.4. The summed E-state index contributed by atoms with van der Waals surface area (Å²) in [6.45, 7) is 2.50. The number of sulfonamides is 1. The number of methoxy groups -OCH3 is 1. The summed E-state index contributed by atoms with van der Waals surface area (Å²) in [5, 5.41) is 8.32. The smallest absolute Gasteiger partial charge is 0.341 e. The second kappa shape index (κ2) is 6.72. The van der Waals surface area contributed by atoms with Crippen molar-refractivity contribution in [1.82, 2.24) is 4.31 Å². The van der Waals surface area contributed by atoms with Gasteiger partial charge in [-0.3, -0.25) is 4.79 Å². The van der Waals surface area contributed by atoms with Crippen LogP contribution in [0.15, 0.2) is 15.6 Å². The quantitative estimate of drug-likeness (QED) is 0.741. The fourth-order valence-electron chi connectivity index (χ4n) is 1.71. The van der Waals surface area contributed by atoms with Gasteiger partial charge in [0.15, 0.2) is 0 Å². The molecule has 1 heterocycles. The van der Waals surface area contributed by atoms with E-state index in [1.165, 1.54) is 6.92 Å². The Labute approximate surface area is 122 Å². The molecule has 0 atom stereocenters. The number of esters is 1. The van der Waals surface area contributed by atoms with Crippen LogP contribution in [0.2, 0.25) is 0 Å². The highest BCUT2D eigenvalue weighted by Crippen LogP contribution is 2.23. The third-order valence-electron chi connectivity index (χ3n) is 2.68. The lowest BCUT2D eigenvalue weighted by atomic mass is 10.3. The van der Waals surface area contributed by atoms with Gasteiger partial charge in [-0.05, 0) is 13.3 Å². The van der Waals surface area contributed by atoms with Crippen LogP contribution in [0, 0.1) is 6.92 Å². The normalized spacial score (nSPS) is 11.6. The maximum atomic E-state index is 12.4. The average molecular weight is 319 g/mol. The van der Waals surface area contributed by atoms with Gasteiger partial charge >= 0.3 is 11.9 Å². The fraction of sp³-hybridized carbons (Fsp3) is 0.500. The van der Waals surface area contributed by atoms with Gasteiger partial charge in [0, 0.05) is 12.6 Å². The lowest BCUT2D eigenvalue weighted by molar-refractivity contribution is -0.137. The molecule has 1 aromatic rings. The predicted octanol–water partition coefficient (Wildman–Crippen LogP) is 0.860. The van der Waals surface area contributed by atoms with E-state index in [9.17, 15) is 18.0 Å². The number of aliphatic carboxylic acids is 1. The highest BCUT2D eigenvalue weighted by atomic mass is 32.2. The van der Waals surface area contributed by atoms with Crippen LogP contribution in [-0.4, -0.2) is 50.0 Å². The van der Waals surface area contributed by atoms with E-state index in [2.05, 4.69) is 4.74 Å². The number of aryl methyl sites for hydroxylation is 1. The van der Waals surface area contributed by atoms with Crippen molar-refractivity contribution in [2.75, 3.05) is 20.2 Å². The number of ether oxygens (including phenoxy) is 1. The summed E-state index contributed by atoms with van der Waals surface area (Å²) in [5.41, 5.74) is -0.0113. The minimum absolute atomic E-state index is 0.0113. The van der Waals surface area contributed by atoms with Gasteiger partial charge in [0.25, 0.3) is 10.0 Å². The molecular weight excluding hydrogens is 302 g/mol. The molecule has 1 N–H and O–H groups in total. The molecule has 1 aromatic heterocycles. The van der Waals surface area contributed by atoms with E-state index in [4.69, 9.17) is 9.52 Å². The van der Waals surface area contributed by atoms with Crippen molar-refractivity contribution >= 4 is 22.0 Å². The van der Waals surface area contributed by atoms with E-state index in [0.717, 1.165) is 17.5 Å². The Morgan fingerprint density at radius 1 is 1.43 bits per heavy atom.